The van der Waals surface area contributed by atoms with Gasteiger partial charge in [0.25, 0.3) is 0 Å². The van der Waals surface area contributed by atoms with Crippen molar-refractivity contribution < 1.29 is 22.7 Å². The Kier molecular flexibility index (Phi) is 9.02. The van der Waals surface area contributed by atoms with Gasteiger partial charge in [-0.15, -0.1) is 22.7 Å². The van der Waals surface area contributed by atoms with Gasteiger partial charge >= 0.3 is 12.2 Å². The van der Waals surface area contributed by atoms with Crippen LogP contribution < -0.4 is 16.0 Å². The van der Waals surface area contributed by atoms with Crippen LogP contribution in [0.5, 0.6) is 0 Å². The summed E-state index contributed by atoms with van der Waals surface area (Å²) in [4.78, 5) is 34.3. The summed E-state index contributed by atoms with van der Waals surface area (Å²) < 4.78 is 47.3. The number of aromatic nitrogens is 5. The van der Waals surface area contributed by atoms with Crippen molar-refractivity contribution in [2.45, 2.75) is 19.1 Å². The Bertz CT molecular complexity index is 1730. The maximum absolute atomic E-state index is 12.9. The molecule has 2 amide bonds. The summed E-state index contributed by atoms with van der Waals surface area (Å²) in [6, 6.07) is 5.78. The molecule has 0 atom stereocenters. The van der Waals surface area contributed by atoms with E-state index in [0.717, 1.165) is 83.0 Å². The summed E-state index contributed by atoms with van der Waals surface area (Å²) in [5.74, 6) is 0.723. The number of carbonyl (C=O) groups is 1. The van der Waals surface area contributed by atoms with Gasteiger partial charge in [0, 0.05) is 62.1 Å². The summed E-state index contributed by atoms with van der Waals surface area (Å²) in [5, 5.41) is 8.68. The Labute approximate surface area is 258 Å². The van der Waals surface area contributed by atoms with Crippen molar-refractivity contribution in [3.63, 3.8) is 0 Å². The maximum atomic E-state index is 12.9. The van der Waals surface area contributed by atoms with Crippen LogP contribution in [-0.2, 0) is 23.9 Å². The highest BCUT2D eigenvalue weighted by atomic mass is 32.1. The number of benzene rings is 1. The summed E-state index contributed by atoms with van der Waals surface area (Å²) >= 11 is 2.86. The lowest BCUT2D eigenvalue weighted by Gasteiger charge is -2.26. The average molecular weight is 644 g/mol. The molecule has 1 aliphatic heterocycles. The van der Waals surface area contributed by atoms with E-state index in [1.54, 1.807) is 17.5 Å². The molecule has 0 aliphatic carbocycles. The highest BCUT2D eigenvalue weighted by Gasteiger charge is 2.30. The number of ether oxygens (including phenoxy) is 1. The van der Waals surface area contributed by atoms with Gasteiger partial charge in [-0.3, -0.25) is 10.2 Å². The van der Waals surface area contributed by atoms with E-state index >= 15 is 0 Å². The van der Waals surface area contributed by atoms with Gasteiger partial charge in [0.2, 0.25) is 0 Å². The van der Waals surface area contributed by atoms with Gasteiger partial charge in [0.1, 0.15) is 12.1 Å². The quantitative estimate of drug-likeness (QED) is 0.178. The van der Waals surface area contributed by atoms with Gasteiger partial charge < -0.3 is 19.9 Å². The first-order chi connectivity index (χ1) is 21.3. The molecule has 1 aliphatic rings. The van der Waals surface area contributed by atoms with Crippen LogP contribution in [0.2, 0.25) is 0 Å². The minimum Gasteiger partial charge on any atom is -0.379 e. The Morgan fingerprint density at radius 2 is 1.89 bits per heavy atom. The number of carbonyl (C=O) groups excluding carboxylic acids is 1. The number of amides is 2. The van der Waals surface area contributed by atoms with Gasteiger partial charge in [0.15, 0.2) is 5.13 Å². The Balaban J connectivity index is 1.01. The zero-order valence-corrected chi connectivity index (χ0v) is 24.9. The number of morpholine rings is 1. The van der Waals surface area contributed by atoms with Crippen molar-refractivity contribution in [3.05, 3.63) is 65.8 Å². The van der Waals surface area contributed by atoms with Gasteiger partial charge in [-0.05, 0) is 24.3 Å². The van der Waals surface area contributed by atoms with E-state index in [9.17, 15) is 18.0 Å². The molecule has 1 aromatic carbocycles. The smallest absolute Gasteiger partial charge is 0.379 e. The van der Waals surface area contributed by atoms with E-state index in [4.69, 9.17) is 4.74 Å². The molecule has 44 heavy (non-hydrogen) atoms. The van der Waals surface area contributed by atoms with Crippen molar-refractivity contribution in [1.82, 2.24) is 29.4 Å². The molecule has 6 rings (SSSR count). The van der Waals surface area contributed by atoms with Crippen molar-refractivity contribution in [2.24, 2.45) is 0 Å². The number of hydrogen-bond acceptors (Lipinski definition) is 10. The molecule has 0 unspecified atom stereocenters. The molecule has 1 fully saturated rings. The van der Waals surface area contributed by atoms with Crippen molar-refractivity contribution in [1.29, 1.82) is 0 Å². The molecule has 4 aromatic heterocycles. The van der Waals surface area contributed by atoms with Crippen molar-refractivity contribution in [2.75, 3.05) is 55.3 Å². The molecule has 5 aromatic rings. The van der Waals surface area contributed by atoms with Gasteiger partial charge in [-0.25, -0.2) is 24.7 Å². The first-order valence-electron chi connectivity index (χ1n) is 13.8. The average Bonchev–Trinajstić information content (AvgIpc) is 3.77. The molecule has 5 heterocycles. The highest BCUT2D eigenvalue weighted by Crippen LogP contribution is 2.35. The SMILES string of the molecule is O=C(Nc1cccc(C(F)(F)F)c1)Nc1ncc(CCNc2ncnc3cc(-c4cn(CCN5CCOCC5)cn4)sc23)s1. The van der Waals surface area contributed by atoms with Gasteiger partial charge in [-0.2, -0.15) is 13.2 Å². The molecule has 230 valence electrons. The number of rotatable bonds is 10. The molecule has 0 radical (unpaired) electrons. The minimum atomic E-state index is -4.50. The van der Waals surface area contributed by atoms with E-state index in [1.165, 1.54) is 29.8 Å². The Morgan fingerprint density at radius 3 is 2.73 bits per heavy atom. The third-order valence-electron chi connectivity index (χ3n) is 6.86. The molecular weight excluding hydrogens is 615 g/mol. The normalized spacial score (nSPS) is 14.2. The van der Waals surface area contributed by atoms with Crippen molar-refractivity contribution >= 4 is 55.6 Å². The number of thiazole rings is 1. The summed E-state index contributed by atoms with van der Waals surface area (Å²) in [5.41, 5.74) is 0.914. The number of thiophene rings is 1. The lowest BCUT2D eigenvalue weighted by atomic mass is 10.2. The topological polar surface area (TPSA) is 122 Å². The van der Waals surface area contributed by atoms with Crippen LogP contribution in [-0.4, -0.2) is 74.8 Å². The van der Waals surface area contributed by atoms with Gasteiger partial charge in [-0.1, -0.05) is 6.07 Å². The lowest BCUT2D eigenvalue weighted by molar-refractivity contribution is -0.137. The second-order valence-electron chi connectivity index (χ2n) is 9.96. The Morgan fingerprint density at radius 1 is 1.02 bits per heavy atom. The van der Waals surface area contributed by atoms with Crippen LogP contribution in [0.15, 0.2) is 55.4 Å². The number of alkyl halides is 3. The number of anilines is 3. The first kappa shape index (κ1) is 29.9. The van der Waals surface area contributed by atoms with E-state index in [0.29, 0.717) is 18.1 Å². The second kappa shape index (κ2) is 13.3. The number of urea groups is 1. The fourth-order valence-corrected chi connectivity index (χ4v) is 6.46. The van der Waals surface area contributed by atoms with E-state index in [1.807, 2.05) is 12.4 Å². The number of hydrogen-bond donors (Lipinski definition) is 3. The van der Waals surface area contributed by atoms with E-state index in [-0.39, 0.29) is 5.69 Å². The lowest BCUT2D eigenvalue weighted by Crippen LogP contribution is -2.38. The highest BCUT2D eigenvalue weighted by molar-refractivity contribution is 7.22. The monoisotopic (exact) mass is 643 g/mol. The fraction of sp³-hybridized carbons (Fsp3) is 0.321. The number of nitrogens with zero attached hydrogens (tertiary/aromatic N) is 6. The van der Waals surface area contributed by atoms with Crippen molar-refractivity contribution in [3.8, 4) is 10.6 Å². The molecular formula is C28H28F3N9O2S2. The Hall–Kier alpha value is -4.12. The van der Waals surface area contributed by atoms with E-state index in [2.05, 4.69) is 51.6 Å². The maximum Gasteiger partial charge on any atom is 0.416 e. The predicted molar refractivity (Wildman–Crippen MR) is 164 cm³/mol. The molecule has 3 N–H and O–H groups in total. The van der Waals surface area contributed by atoms with Gasteiger partial charge in [0.05, 0.1) is 45.9 Å². The summed E-state index contributed by atoms with van der Waals surface area (Å²) in [6.45, 7) is 5.85. The first-order valence-corrected chi connectivity index (χ1v) is 15.4. The van der Waals surface area contributed by atoms with Crippen LogP contribution in [0.1, 0.15) is 10.4 Å². The molecule has 0 spiro atoms. The zero-order chi connectivity index (χ0) is 30.5. The van der Waals surface area contributed by atoms with Crippen LogP contribution >= 0.6 is 22.7 Å². The number of halogens is 3. The molecule has 0 bridgehead atoms. The van der Waals surface area contributed by atoms with E-state index < -0.39 is 17.8 Å². The van der Waals surface area contributed by atoms with Crippen LogP contribution in [0.4, 0.5) is 34.6 Å². The fourth-order valence-electron chi connectivity index (χ4n) is 4.62. The number of imidazole rings is 1. The third kappa shape index (κ3) is 7.50. The van der Waals surface area contributed by atoms with Crippen LogP contribution in [0, 0.1) is 0 Å². The number of nitrogens with one attached hydrogen (secondary N) is 3. The van der Waals surface area contributed by atoms with Crippen LogP contribution in [0.25, 0.3) is 20.8 Å². The zero-order valence-electron chi connectivity index (χ0n) is 23.3. The molecule has 0 saturated carbocycles. The molecule has 1 saturated heterocycles. The number of fused-ring (bicyclic) bond motifs is 1. The minimum absolute atomic E-state index is 0.0309. The predicted octanol–water partition coefficient (Wildman–Crippen LogP) is 5.66. The standard InChI is InChI=1S/C28H28F3N9O2S2/c29-28(30,31)18-2-1-3-19(12-18)37-26(41)38-27-33-14-20(43-27)4-5-32-25-24-21(34-16-35-25)13-23(44-24)22-15-40(17-36-22)7-6-39-8-10-42-11-9-39/h1-3,12-17H,4-11H2,(H,32,34,35)(H2,33,37,38,41). The largest absolute Gasteiger partial charge is 0.416 e. The third-order valence-corrected chi connectivity index (χ3v) is 8.99. The molecule has 11 nitrogen and oxygen atoms in total. The second-order valence-corrected chi connectivity index (χ2v) is 12.1. The summed E-state index contributed by atoms with van der Waals surface area (Å²) in [6.07, 6.45) is 3.22. The molecule has 16 heteroatoms. The van der Waals surface area contributed by atoms with Crippen LogP contribution in [0.3, 0.4) is 0 Å². The summed E-state index contributed by atoms with van der Waals surface area (Å²) in [7, 11) is 0.